The molecule has 2 aromatic carbocycles. The summed E-state index contributed by atoms with van der Waals surface area (Å²) in [5.41, 5.74) is -1.45. The zero-order valence-corrected chi connectivity index (χ0v) is 18.3. The molecular formula is C20H18F4N4O4S. The number of rotatable bonds is 6. The Hall–Kier alpha value is -3.48. The number of ether oxygens (including phenoxy) is 1. The van der Waals surface area contributed by atoms with E-state index in [0.717, 1.165) is 24.5 Å². The first-order valence-electron chi connectivity index (χ1n) is 9.24. The van der Waals surface area contributed by atoms with Crippen molar-refractivity contribution >= 4 is 43.8 Å². The summed E-state index contributed by atoms with van der Waals surface area (Å²) in [6.45, 7) is 1.21. The summed E-state index contributed by atoms with van der Waals surface area (Å²) in [7, 11) is -2.75. The van der Waals surface area contributed by atoms with Crippen molar-refractivity contribution in [2.24, 2.45) is 4.36 Å². The van der Waals surface area contributed by atoms with Gasteiger partial charge in [-0.2, -0.15) is 17.5 Å². The third-order valence-electron chi connectivity index (χ3n) is 4.20. The average molecular weight is 486 g/mol. The summed E-state index contributed by atoms with van der Waals surface area (Å²) in [5, 5.41) is 11.3. The average Bonchev–Trinajstić information content (AvgIpc) is 2.67. The number of benzene rings is 2. The highest BCUT2D eigenvalue weighted by atomic mass is 32.2. The number of nitrogens with one attached hydrogen (secondary N) is 1. The molecule has 8 nitrogen and oxygen atoms in total. The third kappa shape index (κ3) is 5.86. The van der Waals surface area contributed by atoms with Crippen molar-refractivity contribution in [2.45, 2.75) is 19.2 Å². The van der Waals surface area contributed by atoms with Crippen LogP contribution in [0.4, 0.5) is 34.8 Å². The van der Waals surface area contributed by atoms with Gasteiger partial charge in [-0.3, -0.25) is 0 Å². The molecule has 0 radical (unpaired) electrons. The Morgan fingerprint density at radius 2 is 1.91 bits per heavy atom. The number of carboxylic acid groups (broad SMARTS) is 1. The van der Waals surface area contributed by atoms with E-state index >= 15 is 0 Å². The molecule has 0 unspecified atom stereocenters. The largest absolute Gasteiger partial charge is 0.479 e. The molecule has 0 fully saturated rings. The minimum Gasteiger partial charge on any atom is -0.479 e. The minimum absolute atomic E-state index is 0.0171. The van der Waals surface area contributed by atoms with Gasteiger partial charge in [-0.15, -0.1) is 0 Å². The molecular weight excluding hydrogens is 468 g/mol. The van der Waals surface area contributed by atoms with Gasteiger partial charge in [0.2, 0.25) is 0 Å². The Morgan fingerprint density at radius 3 is 2.52 bits per heavy atom. The molecule has 1 aromatic heterocycles. The van der Waals surface area contributed by atoms with Crippen LogP contribution in [0, 0.1) is 5.82 Å². The van der Waals surface area contributed by atoms with Gasteiger partial charge >= 0.3 is 12.1 Å². The van der Waals surface area contributed by atoms with Crippen LogP contribution in [0.3, 0.4) is 0 Å². The zero-order valence-electron chi connectivity index (χ0n) is 17.5. The molecule has 13 heteroatoms. The van der Waals surface area contributed by atoms with Crippen LogP contribution in [0.15, 0.2) is 41.0 Å². The predicted molar refractivity (Wildman–Crippen MR) is 114 cm³/mol. The van der Waals surface area contributed by atoms with Crippen LogP contribution in [0.5, 0.6) is 5.75 Å². The van der Waals surface area contributed by atoms with Crippen LogP contribution in [0.2, 0.25) is 0 Å². The maximum atomic E-state index is 13.9. The Kier molecular flexibility index (Phi) is 6.45. The summed E-state index contributed by atoms with van der Waals surface area (Å²) in [6.07, 6.45) is -2.62. The first-order valence-corrected chi connectivity index (χ1v) is 11.6. The Bertz CT molecular complexity index is 1350. The Balaban J connectivity index is 2.20. The number of carbonyl (C=O) groups is 1. The maximum Gasteiger partial charge on any atom is 0.417 e. The van der Waals surface area contributed by atoms with Gasteiger partial charge in [0, 0.05) is 28.3 Å². The minimum atomic E-state index is -4.84. The molecule has 3 rings (SSSR count). The highest BCUT2D eigenvalue weighted by Crippen LogP contribution is 2.41. The normalized spacial score (nSPS) is 12.9. The van der Waals surface area contributed by atoms with Gasteiger partial charge in [0.15, 0.2) is 6.10 Å². The van der Waals surface area contributed by atoms with Crippen LogP contribution in [-0.2, 0) is 20.7 Å². The SMILES string of the molecule is C[C@@H](Oc1cc(F)ccc1Nc1ncnc2cc(N=S(C)(C)=O)cc(C(F)(F)F)c12)C(=O)O. The topological polar surface area (TPSA) is 114 Å². The second-order valence-electron chi connectivity index (χ2n) is 7.24. The van der Waals surface area contributed by atoms with Crippen molar-refractivity contribution in [3.05, 3.63) is 48.0 Å². The second kappa shape index (κ2) is 8.81. The Morgan fingerprint density at radius 1 is 1.21 bits per heavy atom. The molecule has 0 bridgehead atoms. The van der Waals surface area contributed by atoms with Gasteiger partial charge < -0.3 is 15.2 Å². The van der Waals surface area contributed by atoms with Gasteiger partial charge in [0.05, 0.1) is 27.8 Å². The van der Waals surface area contributed by atoms with E-state index in [-0.39, 0.29) is 28.5 Å². The number of carboxylic acids is 1. The van der Waals surface area contributed by atoms with Crippen molar-refractivity contribution < 1.29 is 36.4 Å². The summed E-state index contributed by atoms with van der Waals surface area (Å²) in [6, 6.07) is 5.06. The van der Waals surface area contributed by atoms with Gasteiger partial charge in [0.1, 0.15) is 23.7 Å². The fourth-order valence-corrected chi connectivity index (χ4v) is 3.48. The highest BCUT2D eigenvalue weighted by molar-refractivity contribution is 7.92. The predicted octanol–water partition coefficient (Wildman–Crippen LogP) is 4.74. The molecule has 2 N–H and O–H groups in total. The summed E-state index contributed by atoms with van der Waals surface area (Å²) in [4.78, 5) is 18.9. The van der Waals surface area contributed by atoms with Crippen LogP contribution in [0.1, 0.15) is 12.5 Å². The van der Waals surface area contributed by atoms with Gasteiger partial charge in [0.25, 0.3) is 0 Å². The number of nitrogens with zero attached hydrogens (tertiary/aromatic N) is 3. The molecule has 0 aliphatic carbocycles. The van der Waals surface area contributed by atoms with E-state index in [1.54, 1.807) is 0 Å². The van der Waals surface area contributed by atoms with Crippen molar-refractivity contribution in [2.75, 3.05) is 17.8 Å². The maximum absolute atomic E-state index is 13.9. The molecule has 176 valence electrons. The van der Waals surface area contributed by atoms with Crippen LogP contribution >= 0.6 is 0 Å². The number of halogens is 4. The monoisotopic (exact) mass is 486 g/mol. The fraction of sp³-hybridized carbons (Fsp3) is 0.250. The zero-order chi connectivity index (χ0) is 24.6. The summed E-state index contributed by atoms with van der Waals surface area (Å²) in [5.74, 6) is -2.59. The first-order chi connectivity index (χ1) is 15.2. The standard InChI is InChI=1S/C20H18F4N4O4S/c1-10(19(29)30)32-16-6-11(21)4-5-14(16)27-18-17-13(20(22,23)24)7-12(28-33(2,3)31)8-15(17)25-9-26-18/h4-10H,1-3H3,(H,29,30)(H,25,26,27)/t10-/m1/s1. The number of alkyl halides is 3. The van der Waals surface area contributed by atoms with E-state index < -0.39 is 44.7 Å². The second-order valence-corrected chi connectivity index (χ2v) is 9.79. The van der Waals surface area contributed by atoms with Crippen LogP contribution < -0.4 is 10.1 Å². The quantitative estimate of drug-likeness (QED) is 0.484. The molecule has 1 atom stereocenters. The van der Waals surface area contributed by atoms with Crippen molar-refractivity contribution in [1.29, 1.82) is 0 Å². The van der Waals surface area contributed by atoms with E-state index in [9.17, 15) is 26.6 Å². The number of fused-ring (bicyclic) bond motifs is 1. The van der Waals surface area contributed by atoms with E-state index in [1.807, 2.05) is 0 Å². The first kappa shape index (κ1) is 24.2. The highest BCUT2D eigenvalue weighted by Gasteiger charge is 2.35. The molecule has 0 aliphatic rings. The van der Waals surface area contributed by atoms with Crippen molar-refractivity contribution in [3.63, 3.8) is 0 Å². The number of hydrogen-bond acceptors (Lipinski definition) is 7. The molecule has 0 aliphatic heterocycles. The van der Waals surface area contributed by atoms with E-state index in [0.29, 0.717) is 0 Å². The van der Waals surface area contributed by atoms with E-state index in [4.69, 9.17) is 9.84 Å². The van der Waals surface area contributed by atoms with E-state index in [1.165, 1.54) is 31.6 Å². The molecule has 33 heavy (non-hydrogen) atoms. The lowest BCUT2D eigenvalue weighted by Gasteiger charge is -2.18. The van der Waals surface area contributed by atoms with Crippen LogP contribution in [-0.4, -0.2) is 43.9 Å². The summed E-state index contributed by atoms with van der Waals surface area (Å²) >= 11 is 0. The van der Waals surface area contributed by atoms with Gasteiger partial charge in [-0.1, -0.05) is 0 Å². The molecule has 0 saturated carbocycles. The molecule has 3 aromatic rings. The smallest absolute Gasteiger partial charge is 0.417 e. The lowest BCUT2D eigenvalue weighted by atomic mass is 10.1. The number of aliphatic carboxylic acids is 1. The van der Waals surface area contributed by atoms with Crippen LogP contribution in [0.25, 0.3) is 10.9 Å². The lowest BCUT2D eigenvalue weighted by Crippen LogP contribution is -2.23. The molecule has 0 saturated heterocycles. The summed E-state index contributed by atoms with van der Waals surface area (Å²) < 4.78 is 76.5. The van der Waals surface area contributed by atoms with Crippen molar-refractivity contribution in [1.82, 2.24) is 9.97 Å². The number of anilines is 2. The molecule has 0 amide bonds. The number of hydrogen-bond donors (Lipinski definition) is 2. The van der Waals surface area contributed by atoms with Gasteiger partial charge in [-0.05, 0) is 31.2 Å². The van der Waals surface area contributed by atoms with Gasteiger partial charge in [-0.25, -0.2) is 23.4 Å². The molecule has 1 heterocycles. The number of aromatic nitrogens is 2. The molecule has 0 spiro atoms. The lowest BCUT2D eigenvalue weighted by molar-refractivity contribution is -0.144. The van der Waals surface area contributed by atoms with E-state index in [2.05, 4.69) is 19.6 Å². The third-order valence-corrected chi connectivity index (χ3v) is 4.85. The Labute approximate surface area is 185 Å². The fourth-order valence-electron chi connectivity index (χ4n) is 2.87. The van der Waals surface area contributed by atoms with Crippen molar-refractivity contribution in [3.8, 4) is 5.75 Å².